The number of H-pyrrole nitrogens is 1. The largest absolute Gasteiger partial charge is 0.338 e. The van der Waals surface area contributed by atoms with Gasteiger partial charge in [0, 0.05) is 23.5 Å². The highest BCUT2D eigenvalue weighted by atomic mass is 35.5. The van der Waals surface area contributed by atoms with Gasteiger partial charge in [-0.05, 0) is 30.3 Å². The Kier molecular flexibility index (Phi) is 3.63. The summed E-state index contributed by atoms with van der Waals surface area (Å²) in [7, 11) is 0. The first-order chi connectivity index (χ1) is 13.1. The first-order valence-electron chi connectivity index (χ1n) is 8.03. The highest BCUT2D eigenvalue weighted by molar-refractivity contribution is 6.39. The number of hydrogen-bond acceptors (Lipinski definition) is 4. The van der Waals surface area contributed by atoms with Crippen molar-refractivity contribution in [1.82, 2.24) is 19.9 Å². The summed E-state index contributed by atoms with van der Waals surface area (Å²) in [6.07, 6.45) is 5.13. The number of pyridine rings is 2. The average Bonchev–Trinajstić information content (AvgIpc) is 3.01. The monoisotopic (exact) mass is 397 g/mol. The fraction of sp³-hybridized carbons (Fsp3) is 0. The van der Waals surface area contributed by atoms with Gasteiger partial charge in [0.25, 0.3) is 0 Å². The molecular formula is C19H10Cl2FN5. The summed E-state index contributed by atoms with van der Waals surface area (Å²) in [5.74, 6) is 0.617. The Morgan fingerprint density at radius 2 is 1.81 bits per heavy atom. The molecule has 0 fully saturated rings. The van der Waals surface area contributed by atoms with Gasteiger partial charge < -0.3 is 10.3 Å². The van der Waals surface area contributed by atoms with Gasteiger partial charge in [-0.25, -0.2) is 14.4 Å². The zero-order valence-corrected chi connectivity index (χ0v) is 15.1. The topological polar surface area (TPSA) is 66.5 Å². The number of nitrogens with one attached hydrogen (secondary N) is 2. The van der Waals surface area contributed by atoms with Crippen molar-refractivity contribution in [3.05, 3.63) is 64.8 Å². The maximum Gasteiger partial charge on any atom is 0.141 e. The van der Waals surface area contributed by atoms with Crippen molar-refractivity contribution in [3.8, 4) is 33.9 Å². The molecule has 4 aromatic rings. The molecule has 1 aliphatic heterocycles. The number of nitrogens with zero attached hydrogens (tertiary/aromatic N) is 3. The van der Waals surface area contributed by atoms with Gasteiger partial charge in [-0.3, -0.25) is 4.98 Å². The zero-order chi connectivity index (χ0) is 18.5. The Bertz CT molecular complexity index is 1120. The summed E-state index contributed by atoms with van der Waals surface area (Å²) in [4.78, 5) is 16.6. The van der Waals surface area contributed by atoms with E-state index in [0.717, 1.165) is 22.5 Å². The quantitative estimate of drug-likeness (QED) is 0.380. The molecule has 0 saturated heterocycles. The minimum Gasteiger partial charge on any atom is -0.338 e. The molecule has 27 heavy (non-hydrogen) atoms. The number of anilines is 2. The maximum absolute atomic E-state index is 13.6. The van der Waals surface area contributed by atoms with Gasteiger partial charge in [0.05, 0.1) is 33.2 Å². The van der Waals surface area contributed by atoms with Gasteiger partial charge in [0.2, 0.25) is 0 Å². The molecule has 5 nitrogen and oxygen atoms in total. The number of imidazole rings is 1. The standard InChI is InChI=1S/C19H10Cl2FN5/c20-12-6-9(22)7-13(21)15(12)19-26-16-10-3-5-23-8-14(10)25-18-11(17(16)27-19)2-1-4-24-18/h1-8H,(H,24,25)(H,26,27). The third kappa shape index (κ3) is 2.57. The predicted molar refractivity (Wildman–Crippen MR) is 104 cm³/mol. The van der Waals surface area contributed by atoms with E-state index in [4.69, 9.17) is 28.2 Å². The fourth-order valence-corrected chi connectivity index (χ4v) is 3.82. The Balaban J connectivity index is 1.82. The Labute approximate surface area is 163 Å². The fourth-order valence-electron chi connectivity index (χ4n) is 3.19. The molecule has 0 spiro atoms. The van der Waals surface area contributed by atoms with Crippen molar-refractivity contribution in [3.63, 3.8) is 0 Å². The van der Waals surface area contributed by atoms with Crippen molar-refractivity contribution in [1.29, 1.82) is 0 Å². The average molecular weight is 398 g/mol. The highest BCUT2D eigenvalue weighted by Gasteiger charge is 2.25. The number of hydrogen-bond donors (Lipinski definition) is 2. The van der Waals surface area contributed by atoms with Crippen LogP contribution in [0.25, 0.3) is 33.9 Å². The van der Waals surface area contributed by atoms with E-state index >= 15 is 0 Å². The molecule has 0 saturated carbocycles. The lowest BCUT2D eigenvalue weighted by Gasteiger charge is -2.08. The number of benzene rings is 1. The van der Waals surface area contributed by atoms with Crippen molar-refractivity contribution in [2.45, 2.75) is 0 Å². The van der Waals surface area contributed by atoms with Crippen LogP contribution in [0.4, 0.5) is 15.9 Å². The first kappa shape index (κ1) is 16.2. The van der Waals surface area contributed by atoms with E-state index in [0.29, 0.717) is 22.9 Å². The third-order valence-electron chi connectivity index (χ3n) is 4.35. The van der Waals surface area contributed by atoms with Crippen molar-refractivity contribution < 1.29 is 4.39 Å². The van der Waals surface area contributed by atoms with E-state index in [1.807, 2.05) is 18.2 Å². The summed E-state index contributed by atoms with van der Waals surface area (Å²) in [5, 5.41) is 3.66. The lowest BCUT2D eigenvalue weighted by atomic mass is 10.1. The number of rotatable bonds is 1. The predicted octanol–water partition coefficient (Wildman–Crippen LogP) is 5.70. The summed E-state index contributed by atoms with van der Waals surface area (Å²) in [6, 6.07) is 8.07. The van der Waals surface area contributed by atoms with Crippen LogP contribution in [-0.2, 0) is 0 Å². The Morgan fingerprint density at radius 3 is 2.63 bits per heavy atom. The van der Waals surface area contributed by atoms with Crippen LogP contribution in [0.15, 0.2) is 48.9 Å². The molecule has 1 aromatic carbocycles. The van der Waals surface area contributed by atoms with Crippen LogP contribution >= 0.6 is 23.2 Å². The SMILES string of the molecule is Fc1cc(Cl)c(-c2nc3c([nH]2)-c2ccncc2Nc2ncccc2-3)c(Cl)c1. The minimum atomic E-state index is -0.503. The molecule has 0 unspecified atom stereocenters. The molecule has 3 aromatic heterocycles. The molecule has 2 N–H and O–H groups in total. The zero-order valence-electron chi connectivity index (χ0n) is 13.6. The molecule has 0 bridgehead atoms. The second-order valence-corrected chi connectivity index (χ2v) is 6.81. The second-order valence-electron chi connectivity index (χ2n) is 6.00. The van der Waals surface area contributed by atoms with E-state index in [1.165, 1.54) is 12.1 Å². The van der Waals surface area contributed by atoms with Gasteiger partial charge in [-0.1, -0.05) is 23.2 Å². The van der Waals surface area contributed by atoms with E-state index in [-0.39, 0.29) is 10.0 Å². The minimum absolute atomic E-state index is 0.184. The van der Waals surface area contributed by atoms with Crippen LogP contribution in [-0.4, -0.2) is 19.9 Å². The molecule has 0 amide bonds. The molecule has 1 aliphatic rings. The summed E-state index contributed by atoms with van der Waals surface area (Å²) in [5.41, 5.74) is 4.41. The number of fused-ring (bicyclic) bond motifs is 5. The molecular weight excluding hydrogens is 388 g/mol. The summed E-state index contributed by atoms with van der Waals surface area (Å²) in [6.45, 7) is 0. The van der Waals surface area contributed by atoms with Crippen molar-refractivity contribution in [2.75, 3.05) is 5.32 Å². The smallest absolute Gasteiger partial charge is 0.141 e. The van der Waals surface area contributed by atoms with Crippen LogP contribution < -0.4 is 5.32 Å². The third-order valence-corrected chi connectivity index (χ3v) is 4.95. The molecule has 8 heteroatoms. The number of aromatic nitrogens is 4. The molecule has 5 rings (SSSR count). The Hall–Kier alpha value is -2.96. The van der Waals surface area contributed by atoms with Crippen LogP contribution in [0.1, 0.15) is 0 Å². The maximum atomic E-state index is 13.6. The normalized spacial score (nSPS) is 11.8. The van der Waals surface area contributed by atoms with Crippen LogP contribution in [0.3, 0.4) is 0 Å². The molecule has 132 valence electrons. The highest BCUT2D eigenvalue weighted by Crippen LogP contribution is 2.44. The van der Waals surface area contributed by atoms with E-state index < -0.39 is 5.82 Å². The van der Waals surface area contributed by atoms with E-state index in [2.05, 4.69) is 20.3 Å². The lowest BCUT2D eigenvalue weighted by Crippen LogP contribution is -1.96. The van der Waals surface area contributed by atoms with Gasteiger partial charge in [0.15, 0.2) is 0 Å². The summed E-state index contributed by atoms with van der Waals surface area (Å²) >= 11 is 12.5. The molecule has 0 atom stereocenters. The van der Waals surface area contributed by atoms with Gasteiger partial charge in [-0.15, -0.1) is 0 Å². The Morgan fingerprint density at radius 1 is 1.00 bits per heavy atom. The summed E-state index contributed by atoms with van der Waals surface area (Å²) < 4.78 is 13.6. The van der Waals surface area contributed by atoms with Gasteiger partial charge in [-0.2, -0.15) is 0 Å². The van der Waals surface area contributed by atoms with Crippen LogP contribution in [0, 0.1) is 5.82 Å². The van der Waals surface area contributed by atoms with E-state index in [9.17, 15) is 4.39 Å². The lowest BCUT2D eigenvalue weighted by molar-refractivity contribution is 0.628. The van der Waals surface area contributed by atoms with Gasteiger partial charge >= 0.3 is 0 Å². The van der Waals surface area contributed by atoms with Crippen molar-refractivity contribution >= 4 is 34.7 Å². The second kappa shape index (κ2) is 6.04. The van der Waals surface area contributed by atoms with E-state index in [1.54, 1.807) is 18.6 Å². The van der Waals surface area contributed by atoms with Crippen LogP contribution in [0.5, 0.6) is 0 Å². The molecule has 0 radical (unpaired) electrons. The first-order valence-corrected chi connectivity index (χ1v) is 8.79. The molecule has 0 aliphatic carbocycles. The number of aromatic amines is 1. The van der Waals surface area contributed by atoms with Crippen LogP contribution in [0.2, 0.25) is 10.0 Å². The van der Waals surface area contributed by atoms with Crippen molar-refractivity contribution in [2.24, 2.45) is 0 Å². The molecule has 4 heterocycles. The number of halogens is 3. The van der Waals surface area contributed by atoms with Gasteiger partial charge in [0.1, 0.15) is 23.2 Å².